The van der Waals surface area contributed by atoms with Gasteiger partial charge >= 0.3 is 0 Å². The number of hydrogen-bond donors (Lipinski definition) is 3. The Kier molecular flexibility index (Phi) is 15.6. The Labute approximate surface area is 255 Å². The molecule has 2 rings (SSSR count). The molecule has 0 aliphatic carbocycles. The zero-order valence-electron chi connectivity index (χ0n) is 27.6. The van der Waals surface area contributed by atoms with E-state index in [0.29, 0.717) is 50.2 Å². The second-order valence-corrected chi connectivity index (χ2v) is 13.5. The Balaban J connectivity index is 1.99. The Hall–Kier alpha value is -1.87. The number of nitrogens with two attached hydrogens (primary N) is 1. The average molecular weight is 593 g/mol. The quantitative estimate of drug-likeness (QED) is 0.189. The Morgan fingerprint density at radius 1 is 1.07 bits per heavy atom. The monoisotopic (exact) mass is 592 g/mol. The van der Waals surface area contributed by atoms with Crippen LogP contribution >= 0.6 is 0 Å². The number of carbonyl (C=O) groups is 1. The Morgan fingerprint density at radius 3 is 2.36 bits per heavy atom. The molecule has 0 unspecified atom stereocenters. The minimum absolute atomic E-state index is 0.00322. The second kappa shape index (κ2) is 18.1. The fraction of sp³-hybridized carbons (Fsp3) is 0.794. The van der Waals surface area contributed by atoms with Crippen LogP contribution in [0.5, 0.6) is 11.5 Å². The van der Waals surface area contributed by atoms with Gasteiger partial charge < -0.3 is 35.1 Å². The summed E-state index contributed by atoms with van der Waals surface area (Å²) in [7, 11) is 3.33. The molecule has 1 aliphatic rings. The van der Waals surface area contributed by atoms with Crippen molar-refractivity contribution in [3.8, 4) is 11.5 Å². The van der Waals surface area contributed by atoms with Gasteiger partial charge in [-0.3, -0.25) is 4.79 Å². The summed E-state index contributed by atoms with van der Waals surface area (Å²) in [6.07, 6.45) is 3.93. The lowest BCUT2D eigenvalue weighted by Gasteiger charge is -2.37. The van der Waals surface area contributed by atoms with Crippen molar-refractivity contribution in [1.82, 2.24) is 5.32 Å². The molecule has 0 bridgehead atoms. The van der Waals surface area contributed by atoms with Crippen LogP contribution in [0.15, 0.2) is 18.2 Å². The number of methoxy groups -OCH3 is 2. The fourth-order valence-corrected chi connectivity index (χ4v) is 5.93. The van der Waals surface area contributed by atoms with Gasteiger partial charge in [0.25, 0.3) is 0 Å². The number of amides is 1. The number of nitrogens with one attached hydrogen (secondary N) is 1. The highest BCUT2D eigenvalue weighted by Crippen LogP contribution is 2.34. The zero-order valence-corrected chi connectivity index (χ0v) is 27.6. The van der Waals surface area contributed by atoms with Gasteiger partial charge in [0.15, 0.2) is 11.5 Å². The Bertz CT molecular complexity index is 915. The first-order chi connectivity index (χ1) is 19.9. The van der Waals surface area contributed by atoms with Gasteiger partial charge in [-0.25, -0.2) is 0 Å². The lowest BCUT2D eigenvalue weighted by Crippen LogP contribution is -2.46. The predicted octanol–water partition coefficient (Wildman–Crippen LogP) is 5.23. The van der Waals surface area contributed by atoms with Crippen molar-refractivity contribution in [2.24, 2.45) is 40.7 Å². The third-order valence-electron chi connectivity index (χ3n) is 9.17. The molecule has 242 valence electrons. The van der Waals surface area contributed by atoms with Crippen LogP contribution in [0.25, 0.3) is 0 Å². The molecule has 0 radical (unpaired) electrons. The first-order valence-corrected chi connectivity index (χ1v) is 16.0. The largest absolute Gasteiger partial charge is 0.493 e. The highest BCUT2D eigenvalue weighted by molar-refractivity contribution is 5.79. The number of aliphatic hydroxyl groups excluding tert-OH is 1. The van der Waals surface area contributed by atoms with Crippen LogP contribution < -0.4 is 20.5 Å². The van der Waals surface area contributed by atoms with Crippen molar-refractivity contribution in [3.63, 3.8) is 0 Å². The molecule has 1 aliphatic heterocycles. The highest BCUT2D eigenvalue weighted by Gasteiger charge is 2.34. The van der Waals surface area contributed by atoms with E-state index in [0.717, 1.165) is 50.2 Å². The van der Waals surface area contributed by atoms with E-state index in [4.69, 9.17) is 24.7 Å². The summed E-state index contributed by atoms with van der Waals surface area (Å²) in [5.41, 5.74) is 7.76. The summed E-state index contributed by atoms with van der Waals surface area (Å²) >= 11 is 0. The van der Waals surface area contributed by atoms with Crippen LogP contribution in [0.1, 0.15) is 79.2 Å². The van der Waals surface area contributed by atoms with Crippen LogP contribution in [0.2, 0.25) is 0 Å². The maximum atomic E-state index is 13.3. The van der Waals surface area contributed by atoms with E-state index in [9.17, 15) is 9.90 Å². The molecule has 1 amide bonds. The highest BCUT2D eigenvalue weighted by atomic mass is 16.5. The van der Waals surface area contributed by atoms with E-state index in [-0.39, 0.29) is 29.1 Å². The van der Waals surface area contributed by atoms with Crippen LogP contribution in [0.4, 0.5) is 0 Å². The molecule has 4 atom stereocenters. The van der Waals surface area contributed by atoms with Crippen molar-refractivity contribution >= 4 is 5.91 Å². The van der Waals surface area contributed by atoms with Gasteiger partial charge in [0.2, 0.25) is 5.91 Å². The van der Waals surface area contributed by atoms with Crippen molar-refractivity contribution in [1.29, 1.82) is 0 Å². The lowest BCUT2D eigenvalue weighted by molar-refractivity contribution is -0.128. The molecule has 4 N–H and O–H groups in total. The first-order valence-electron chi connectivity index (χ1n) is 16.0. The molecule has 0 spiro atoms. The van der Waals surface area contributed by atoms with E-state index >= 15 is 0 Å². The van der Waals surface area contributed by atoms with Crippen molar-refractivity contribution < 1.29 is 28.8 Å². The summed E-state index contributed by atoms with van der Waals surface area (Å²) in [5.74, 6) is 2.40. The van der Waals surface area contributed by atoms with Gasteiger partial charge in [-0.05, 0) is 78.9 Å². The molecule has 1 aromatic carbocycles. The maximum absolute atomic E-state index is 13.3. The van der Waals surface area contributed by atoms with Gasteiger partial charge in [-0.15, -0.1) is 0 Å². The topological polar surface area (TPSA) is 112 Å². The Morgan fingerprint density at radius 2 is 1.76 bits per heavy atom. The molecule has 1 fully saturated rings. The number of aliphatic hydroxyl groups is 1. The standard InChI is InChI=1S/C34H60N2O6/c1-23(2)26(18-25-10-11-31(40-8)32(19-25)42-15-9-14-39-7)20-29(35)30(37)21-28(24(3)4)33(38)36-22-34(5,6)27-12-16-41-17-13-27/h10-11,19,23-24,26-30,37H,9,12-18,20-22,35H2,1-8H3,(H,36,38)/t26-,28-,29-,30-/m0/s1. The van der Waals surface area contributed by atoms with Gasteiger partial charge in [-0.1, -0.05) is 47.6 Å². The summed E-state index contributed by atoms with van der Waals surface area (Å²) < 4.78 is 22.1. The van der Waals surface area contributed by atoms with Crippen molar-refractivity contribution in [3.05, 3.63) is 23.8 Å². The molecule has 0 aromatic heterocycles. The van der Waals surface area contributed by atoms with Crippen molar-refractivity contribution in [2.75, 3.05) is 47.2 Å². The van der Waals surface area contributed by atoms with Gasteiger partial charge in [-0.2, -0.15) is 0 Å². The summed E-state index contributed by atoms with van der Waals surface area (Å²) in [4.78, 5) is 13.3. The van der Waals surface area contributed by atoms with E-state index in [2.05, 4.69) is 39.1 Å². The summed E-state index contributed by atoms with van der Waals surface area (Å²) in [5, 5.41) is 14.4. The van der Waals surface area contributed by atoms with E-state index in [1.165, 1.54) is 0 Å². The zero-order chi connectivity index (χ0) is 31.3. The van der Waals surface area contributed by atoms with Gasteiger partial charge in [0.1, 0.15) is 0 Å². The third-order valence-corrected chi connectivity index (χ3v) is 9.17. The molecule has 8 nitrogen and oxygen atoms in total. The molecular formula is C34H60N2O6. The average Bonchev–Trinajstić information content (AvgIpc) is 2.96. The molecule has 1 heterocycles. The molecule has 42 heavy (non-hydrogen) atoms. The summed E-state index contributed by atoms with van der Waals surface area (Å²) in [6.45, 7) is 16.3. The number of carbonyl (C=O) groups excluding carboxylic acids is 1. The second-order valence-electron chi connectivity index (χ2n) is 13.5. The molecular weight excluding hydrogens is 532 g/mol. The molecule has 1 saturated heterocycles. The normalized spacial score (nSPS) is 17.6. The summed E-state index contributed by atoms with van der Waals surface area (Å²) in [6, 6.07) is 5.64. The van der Waals surface area contributed by atoms with E-state index in [1.807, 2.05) is 26.0 Å². The molecule has 0 saturated carbocycles. The van der Waals surface area contributed by atoms with Crippen LogP contribution in [-0.2, 0) is 20.7 Å². The maximum Gasteiger partial charge on any atom is 0.223 e. The smallest absolute Gasteiger partial charge is 0.223 e. The minimum atomic E-state index is -0.761. The van der Waals surface area contributed by atoms with Crippen LogP contribution in [0, 0.1) is 35.0 Å². The predicted molar refractivity (Wildman–Crippen MR) is 169 cm³/mol. The number of benzene rings is 1. The van der Waals surface area contributed by atoms with E-state index < -0.39 is 12.1 Å². The first kappa shape index (κ1) is 36.3. The third kappa shape index (κ3) is 11.7. The molecule has 1 aromatic rings. The number of hydrogen-bond acceptors (Lipinski definition) is 7. The van der Waals surface area contributed by atoms with Gasteiger partial charge in [0.05, 0.1) is 19.8 Å². The van der Waals surface area contributed by atoms with E-state index in [1.54, 1.807) is 14.2 Å². The lowest BCUT2D eigenvalue weighted by atomic mass is 9.74. The minimum Gasteiger partial charge on any atom is -0.493 e. The van der Waals surface area contributed by atoms with Crippen LogP contribution in [-0.4, -0.2) is 70.4 Å². The molecule has 8 heteroatoms. The van der Waals surface area contributed by atoms with Gasteiger partial charge in [0, 0.05) is 51.9 Å². The number of rotatable bonds is 19. The number of ether oxygens (including phenoxy) is 4. The fourth-order valence-electron chi connectivity index (χ4n) is 5.93. The SMILES string of the molecule is COCCCOc1cc(C[C@@H](C[C@H](N)[C@@H](O)C[C@H](C(=O)NCC(C)(C)C2CCOCC2)C(C)C)C(C)C)ccc1OC. The van der Waals surface area contributed by atoms with Crippen LogP contribution in [0.3, 0.4) is 0 Å². The van der Waals surface area contributed by atoms with Crippen molar-refractivity contribution in [2.45, 2.75) is 92.2 Å².